The number of nitrogens with two attached hydrogens (primary N) is 1. The Balaban J connectivity index is 1.73. The number of rotatable bonds is 3. The van der Waals surface area contributed by atoms with E-state index in [4.69, 9.17) is 10.3 Å². The highest BCUT2D eigenvalue weighted by Gasteiger charge is 2.24. The molecule has 102 valence electrons. The third kappa shape index (κ3) is 2.72. The van der Waals surface area contributed by atoms with Crippen LogP contribution in [0.3, 0.4) is 0 Å². The van der Waals surface area contributed by atoms with E-state index in [9.17, 15) is 0 Å². The lowest BCUT2D eigenvalue weighted by Crippen LogP contribution is -2.34. The lowest BCUT2D eigenvalue weighted by molar-refractivity contribution is 0.273. The van der Waals surface area contributed by atoms with Crippen LogP contribution in [0.2, 0.25) is 0 Å². The molecule has 1 fully saturated rings. The van der Waals surface area contributed by atoms with Gasteiger partial charge in [-0.05, 0) is 36.6 Å². The molecule has 0 saturated heterocycles. The summed E-state index contributed by atoms with van der Waals surface area (Å²) in [4.78, 5) is 4.52. The molecule has 3 rings (SSSR count). The second-order valence-electron chi connectivity index (χ2n) is 5.39. The zero-order chi connectivity index (χ0) is 13.2. The molecule has 0 aromatic carbocycles. The molecule has 2 unspecified atom stereocenters. The van der Waals surface area contributed by atoms with Crippen molar-refractivity contribution in [1.82, 2.24) is 10.1 Å². The van der Waals surface area contributed by atoms with Crippen molar-refractivity contribution >= 4 is 11.3 Å². The van der Waals surface area contributed by atoms with Crippen LogP contribution in [0.5, 0.6) is 0 Å². The van der Waals surface area contributed by atoms with Gasteiger partial charge < -0.3 is 10.3 Å². The van der Waals surface area contributed by atoms with Crippen molar-refractivity contribution in [3.8, 4) is 11.4 Å². The molecule has 1 aliphatic rings. The minimum atomic E-state index is 0.284. The van der Waals surface area contributed by atoms with Gasteiger partial charge in [0.25, 0.3) is 0 Å². The van der Waals surface area contributed by atoms with Crippen LogP contribution < -0.4 is 5.73 Å². The molecule has 2 aromatic heterocycles. The van der Waals surface area contributed by atoms with Gasteiger partial charge >= 0.3 is 0 Å². The van der Waals surface area contributed by atoms with Crippen LogP contribution in [0, 0.1) is 12.8 Å². The second-order valence-corrected chi connectivity index (χ2v) is 6.14. The van der Waals surface area contributed by atoms with E-state index in [1.54, 1.807) is 11.3 Å². The highest BCUT2D eigenvalue weighted by Crippen LogP contribution is 2.28. The van der Waals surface area contributed by atoms with Crippen molar-refractivity contribution in [1.29, 1.82) is 0 Å². The predicted molar refractivity (Wildman–Crippen MR) is 76.0 cm³/mol. The molecule has 1 aliphatic carbocycles. The van der Waals surface area contributed by atoms with Gasteiger partial charge in [-0.3, -0.25) is 0 Å². The van der Waals surface area contributed by atoms with Crippen molar-refractivity contribution in [3.05, 3.63) is 22.2 Å². The smallest absolute Gasteiger partial charge is 0.227 e. The molecular weight excluding hydrogens is 258 g/mol. The summed E-state index contributed by atoms with van der Waals surface area (Å²) in [5, 5.41) is 8.26. The minimum absolute atomic E-state index is 0.284. The van der Waals surface area contributed by atoms with Gasteiger partial charge in [0.2, 0.25) is 11.7 Å². The fourth-order valence-electron chi connectivity index (χ4n) is 2.75. The Morgan fingerprint density at radius 1 is 1.37 bits per heavy atom. The van der Waals surface area contributed by atoms with Gasteiger partial charge in [0, 0.05) is 23.4 Å². The van der Waals surface area contributed by atoms with Crippen molar-refractivity contribution < 1.29 is 4.52 Å². The number of hydrogen-bond acceptors (Lipinski definition) is 5. The van der Waals surface area contributed by atoms with E-state index in [-0.39, 0.29) is 6.04 Å². The molecular formula is C14H19N3OS. The zero-order valence-electron chi connectivity index (χ0n) is 11.1. The van der Waals surface area contributed by atoms with Crippen LogP contribution in [0.15, 0.2) is 15.3 Å². The number of aryl methyl sites for hydroxylation is 1. The van der Waals surface area contributed by atoms with Gasteiger partial charge in [-0.1, -0.05) is 18.0 Å². The topological polar surface area (TPSA) is 64.9 Å². The van der Waals surface area contributed by atoms with Crippen molar-refractivity contribution in [2.24, 2.45) is 11.7 Å². The van der Waals surface area contributed by atoms with Gasteiger partial charge in [0.15, 0.2) is 0 Å². The van der Waals surface area contributed by atoms with E-state index < -0.39 is 0 Å². The Morgan fingerprint density at radius 2 is 2.21 bits per heavy atom. The normalized spacial score (nSPS) is 23.7. The van der Waals surface area contributed by atoms with E-state index in [0.717, 1.165) is 24.3 Å². The van der Waals surface area contributed by atoms with Gasteiger partial charge in [-0.2, -0.15) is 16.3 Å². The maximum absolute atomic E-state index is 6.16. The van der Waals surface area contributed by atoms with Crippen molar-refractivity contribution in [2.75, 3.05) is 0 Å². The highest BCUT2D eigenvalue weighted by molar-refractivity contribution is 7.08. The summed E-state index contributed by atoms with van der Waals surface area (Å²) in [6.07, 6.45) is 5.63. The summed E-state index contributed by atoms with van der Waals surface area (Å²) in [5.74, 6) is 1.92. The van der Waals surface area contributed by atoms with Crippen molar-refractivity contribution in [2.45, 2.75) is 45.1 Å². The molecule has 2 N–H and O–H groups in total. The fourth-order valence-corrected chi connectivity index (χ4v) is 3.58. The monoisotopic (exact) mass is 277 g/mol. The zero-order valence-corrected chi connectivity index (χ0v) is 11.9. The molecule has 2 aromatic rings. The van der Waals surface area contributed by atoms with Crippen LogP contribution in [0.1, 0.15) is 37.1 Å². The quantitative estimate of drug-likeness (QED) is 0.936. The molecule has 5 heteroatoms. The third-order valence-electron chi connectivity index (χ3n) is 3.97. The van der Waals surface area contributed by atoms with E-state index in [0.29, 0.717) is 11.7 Å². The number of aromatic nitrogens is 2. The summed E-state index contributed by atoms with van der Waals surface area (Å²) in [5.41, 5.74) is 8.44. The lowest BCUT2D eigenvalue weighted by Gasteiger charge is -2.27. The minimum Gasteiger partial charge on any atom is -0.339 e. The van der Waals surface area contributed by atoms with Gasteiger partial charge in [0.05, 0.1) is 0 Å². The molecule has 19 heavy (non-hydrogen) atoms. The molecule has 0 spiro atoms. The van der Waals surface area contributed by atoms with Gasteiger partial charge in [0.1, 0.15) is 0 Å². The van der Waals surface area contributed by atoms with Crippen LogP contribution >= 0.6 is 11.3 Å². The van der Waals surface area contributed by atoms with Gasteiger partial charge in [-0.25, -0.2) is 0 Å². The first-order valence-corrected chi connectivity index (χ1v) is 7.79. The first-order valence-electron chi connectivity index (χ1n) is 6.85. The van der Waals surface area contributed by atoms with Crippen LogP contribution in [0.25, 0.3) is 11.4 Å². The van der Waals surface area contributed by atoms with E-state index >= 15 is 0 Å². The SMILES string of the molecule is Cc1cscc1-c1noc(CC2CCCCC2N)n1. The summed E-state index contributed by atoms with van der Waals surface area (Å²) in [7, 11) is 0. The third-order valence-corrected chi connectivity index (χ3v) is 4.83. The largest absolute Gasteiger partial charge is 0.339 e. The second kappa shape index (κ2) is 5.43. The molecule has 2 heterocycles. The van der Waals surface area contributed by atoms with Crippen LogP contribution in [-0.4, -0.2) is 16.2 Å². The average molecular weight is 277 g/mol. The summed E-state index contributed by atoms with van der Waals surface area (Å²) in [6.45, 7) is 2.07. The Hall–Kier alpha value is -1.20. The summed E-state index contributed by atoms with van der Waals surface area (Å²) >= 11 is 1.66. The molecule has 1 saturated carbocycles. The predicted octanol–water partition coefficient (Wildman–Crippen LogP) is 3.17. The number of hydrogen-bond donors (Lipinski definition) is 1. The van der Waals surface area contributed by atoms with E-state index in [1.807, 2.05) is 0 Å². The van der Waals surface area contributed by atoms with E-state index in [1.165, 1.54) is 24.8 Å². The standard InChI is InChI=1S/C14H19N3OS/c1-9-7-19-8-11(9)14-16-13(18-17-14)6-10-4-2-3-5-12(10)15/h7-8,10,12H,2-6,15H2,1H3. The highest BCUT2D eigenvalue weighted by atomic mass is 32.1. The summed E-state index contributed by atoms with van der Waals surface area (Å²) < 4.78 is 5.38. The molecule has 0 aliphatic heterocycles. The molecule has 0 bridgehead atoms. The molecule has 2 atom stereocenters. The van der Waals surface area contributed by atoms with Crippen molar-refractivity contribution in [3.63, 3.8) is 0 Å². The fraction of sp³-hybridized carbons (Fsp3) is 0.571. The summed E-state index contributed by atoms with van der Waals surface area (Å²) in [6, 6.07) is 0.284. The Morgan fingerprint density at radius 3 is 2.95 bits per heavy atom. The maximum atomic E-state index is 6.16. The Labute approximate surface area is 117 Å². The molecule has 4 nitrogen and oxygen atoms in total. The lowest BCUT2D eigenvalue weighted by atomic mass is 9.83. The van der Waals surface area contributed by atoms with Gasteiger partial charge in [-0.15, -0.1) is 0 Å². The van der Waals surface area contributed by atoms with Crippen LogP contribution in [-0.2, 0) is 6.42 Å². The number of thiophene rings is 1. The number of nitrogens with zero attached hydrogens (tertiary/aromatic N) is 2. The van der Waals surface area contributed by atoms with E-state index in [2.05, 4.69) is 27.8 Å². The van der Waals surface area contributed by atoms with Crippen LogP contribution in [0.4, 0.5) is 0 Å². The Bertz CT molecular complexity index is 548. The Kier molecular flexibility index (Phi) is 3.66. The molecule has 0 amide bonds. The first kappa shape index (κ1) is 12.8. The molecule has 0 radical (unpaired) electrons. The average Bonchev–Trinajstić information content (AvgIpc) is 3.01. The maximum Gasteiger partial charge on any atom is 0.227 e. The first-order chi connectivity index (χ1) is 9.24.